The van der Waals surface area contributed by atoms with Crippen LogP contribution in [0.25, 0.3) is 0 Å². The molecule has 0 unspecified atom stereocenters. The van der Waals surface area contributed by atoms with Crippen molar-refractivity contribution in [1.82, 2.24) is 10.3 Å². The minimum atomic E-state index is -0.766. The van der Waals surface area contributed by atoms with E-state index in [4.69, 9.17) is 0 Å². The smallest absolute Gasteiger partial charge is 0.255 e. The number of anilines is 1. The number of amides is 1. The van der Waals surface area contributed by atoms with Crippen LogP contribution in [0.1, 0.15) is 23.2 Å². The van der Waals surface area contributed by atoms with Gasteiger partial charge in [-0.15, -0.1) is 0 Å². The lowest BCUT2D eigenvalue weighted by molar-refractivity contribution is 0.0934. The Bertz CT molecular complexity index is 500. The Morgan fingerprint density at radius 2 is 2.16 bits per heavy atom. The molecule has 7 heteroatoms. The number of pyridine rings is 1. The maximum atomic E-state index is 13.2. The Labute approximate surface area is 113 Å². The van der Waals surface area contributed by atoms with E-state index < -0.39 is 16.6 Å². The van der Waals surface area contributed by atoms with Gasteiger partial charge in [0.15, 0.2) is 0 Å². The summed E-state index contributed by atoms with van der Waals surface area (Å²) in [5.74, 6) is 0.650. The maximum Gasteiger partial charge on any atom is 0.255 e. The molecule has 1 fully saturated rings. The van der Waals surface area contributed by atoms with Crippen molar-refractivity contribution in [3.8, 4) is 0 Å². The first-order valence-corrected chi connectivity index (χ1v) is 7.58. The molecule has 2 heterocycles. The molecule has 1 aromatic rings. The van der Waals surface area contributed by atoms with Crippen LogP contribution >= 0.6 is 0 Å². The molecule has 2 N–H and O–H groups in total. The van der Waals surface area contributed by atoms with Crippen LogP contribution in [0.3, 0.4) is 0 Å². The number of hydrogen-bond donors (Lipinski definition) is 2. The van der Waals surface area contributed by atoms with E-state index in [9.17, 15) is 13.4 Å². The fourth-order valence-corrected chi connectivity index (χ4v) is 3.31. The summed E-state index contributed by atoms with van der Waals surface area (Å²) in [6, 6.07) is 1.16. The lowest BCUT2D eigenvalue weighted by atomic mass is 10.1. The first-order chi connectivity index (χ1) is 9.10. The molecule has 1 saturated heterocycles. The number of rotatable bonds is 3. The van der Waals surface area contributed by atoms with Gasteiger partial charge in [0.1, 0.15) is 11.6 Å². The van der Waals surface area contributed by atoms with Gasteiger partial charge in [0, 0.05) is 35.4 Å². The molecule has 1 aliphatic rings. The van der Waals surface area contributed by atoms with Gasteiger partial charge < -0.3 is 10.6 Å². The molecule has 5 nitrogen and oxygen atoms in total. The molecular weight excluding hydrogens is 269 g/mol. The topological polar surface area (TPSA) is 71.1 Å². The fourth-order valence-electron chi connectivity index (χ4n) is 2.01. The van der Waals surface area contributed by atoms with Gasteiger partial charge in [0.05, 0.1) is 11.8 Å². The van der Waals surface area contributed by atoms with Crippen LogP contribution in [-0.2, 0) is 10.8 Å². The molecule has 1 aromatic heterocycles. The highest BCUT2D eigenvalue weighted by molar-refractivity contribution is 7.85. The van der Waals surface area contributed by atoms with E-state index in [-0.39, 0.29) is 17.5 Å². The lowest BCUT2D eigenvalue weighted by Crippen LogP contribution is -2.39. The van der Waals surface area contributed by atoms with Gasteiger partial charge in [-0.1, -0.05) is 0 Å². The van der Waals surface area contributed by atoms with Gasteiger partial charge in [-0.3, -0.25) is 9.00 Å². The number of hydrogen-bond acceptors (Lipinski definition) is 4. The number of carbonyl (C=O) groups excluding carboxylic acids is 1. The molecule has 19 heavy (non-hydrogen) atoms. The number of nitrogens with one attached hydrogen (secondary N) is 2. The normalized spacial score (nSPS) is 22.8. The largest absolute Gasteiger partial charge is 0.372 e. The molecule has 1 aliphatic heterocycles. The second kappa shape index (κ2) is 6.10. The minimum Gasteiger partial charge on any atom is -0.372 e. The van der Waals surface area contributed by atoms with E-state index in [1.807, 2.05) is 0 Å². The maximum absolute atomic E-state index is 13.2. The highest BCUT2D eigenvalue weighted by Gasteiger charge is 2.21. The van der Waals surface area contributed by atoms with Gasteiger partial charge in [0.25, 0.3) is 5.91 Å². The third kappa shape index (κ3) is 3.50. The first kappa shape index (κ1) is 13.9. The van der Waals surface area contributed by atoms with Crippen LogP contribution in [0.2, 0.25) is 0 Å². The third-order valence-electron chi connectivity index (χ3n) is 3.06. The molecular formula is C12H16FN3O2S. The molecule has 104 valence electrons. The van der Waals surface area contributed by atoms with Crippen LogP contribution in [0.4, 0.5) is 10.2 Å². The Morgan fingerprint density at radius 1 is 1.47 bits per heavy atom. The summed E-state index contributed by atoms with van der Waals surface area (Å²) in [6.45, 7) is 0. The summed E-state index contributed by atoms with van der Waals surface area (Å²) in [7, 11) is 0.860. The monoisotopic (exact) mass is 285 g/mol. The molecule has 0 spiro atoms. The van der Waals surface area contributed by atoms with E-state index >= 15 is 0 Å². The zero-order valence-corrected chi connectivity index (χ0v) is 11.4. The van der Waals surface area contributed by atoms with Crippen molar-refractivity contribution in [2.24, 2.45) is 0 Å². The average molecular weight is 285 g/mol. The van der Waals surface area contributed by atoms with Gasteiger partial charge in [-0.25, -0.2) is 9.37 Å². The summed E-state index contributed by atoms with van der Waals surface area (Å²) in [5, 5.41) is 5.60. The predicted octanol–water partition coefficient (Wildman–Crippen LogP) is 0.903. The highest BCUT2D eigenvalue weighted by atomic mass is 32.2. The summed E-state index contributed by atoms with van der Waals surface area (Å²) in [6.07, 6.45) is 2.44. The molecule has 0 aliphatic carbocycles. The van der Waals surface area contributed by atoms with E-state index in [2.05, 4.69) is 15.6 Å². The van der Waals surface area contributed by atoms with Crippen LogP contribution < -0.4 is 10.6 Å². The minimum absolute atomic E-state index is 0.00169. The SMILES string of the molecule is CNc1ncc(F)cc1C(=O)NC1CCS(=O)CC1. The molecule has 0 saturated carbocycles. The van der Waals surface area contributed by atoms with Crippen LogP contribution in [0, 0.1) is 5.82 Å². The number of carbonyl (C=O) groups is 1. The van der Waals surface area contributed by atoms with Crippen molar-refractivity contribution in [3.05, 3.63) is 23.6 Å². The fraction of sp³-hybridized carbons (Fsp3) is 0.500. The van der Waals surface area contributed by atoms with Crippen molar-refractivity contribution < 1.29 is 13.4 Å². The Kier molecular flexibility index (Phi) is 4.47. The van der Waals surface area contributed by atoms with Gasteiger partial charge in [-0.2, -0.15) is 0 Å². The van der Waals surface area contributed by atoms with Crippen molar-refractivity contribution >= 4 is 22.5 Å². The van der Waals surface area contributed by atoms with Crippen molar-refractivity contribution in [2.75, 3.05) is 23.9 Å². The second-order valence-corrected chi connectivity index (χ2v) is 6.09. The van der Waals surface area contributed by atoms with E-state index in [0.717, 1.165) is 12.3 Å². The summed E-state index contributed by atoms with van der Waals surface area (Å²) in [5.41, 5.74) is 0.189. The summed E-state index contributed by atoms with van der Waals surface area (Å²) in [4.78, 5) is 15.9. The third-order valence-corrected chi connectivity index (χ3v) is 4.44. The zero-order chi connectivity index (χ0) is 13.8. The summed E-state index contributed by atoms with van der Waals surface area (Å²) >= 11 is 0. The Hall–Kier alpha value is -1.50. The molecule has 2 rings (SSSR count). The van der Waals surface area contributed by atoms with Crippen LogP contribution in [0.15, 0.2) is 12.3 Å². The zero-order valence-electron chi connectivity index (χ0n) is 10.6. The Balaban J connectivity index is 2.07. The summed E-state index contributed by atoms with van der Waals surface area (Å²) < 4.78 is 24.4. The van der Waals surface area contributed by atoms with Crippen LogP contribution in [0.5, 0.6) is 0 Å². The lowest BCUT2D eigenvalue weighted by Gasteiger charge is -2.22. The highest BCUT2D eigenvalue weighted by Crippen LogP contribution is 2.15. The number of aromatic nitrogens is 1. The number of halogens is 1. The van der Waals surface area contributed by atoms with E-state index in [0.29, 0.717) is 30.2 Å². The first-order valence-electron chi connectivity index (χ1n) is 6.09. The molecule has 0 radical (unpaired) electrons. The molecule has 0 aromatic carbocycles. The van der Waals surface area contributed by atoms with Crippen molar-refractivity contribution in [3.63, 3.8) is 0 Å². The number of nitrogens with zero attached hydrogens (tertiary/aromatic N) is 1. The molecule has 1 amide bonds. The Morgan fingerprint density at radius 3 is 2.79 bits per heavy atom. The standard InChI is InChI=1S/C12H16FN3O2S/c1-14-11-10(6-8(13)7-15-11)12(17)16-9-2-4-19(18)5-3-9/h6-7,9H,2-5H2,1H3,(H,14,15)(H,16,17). The quantitative estimate of drug-likeness (QED) is 0.866. The van der Waals surface area contributed by atoms with Crippen molar-refractivity contribution in [2.45, 2.75) is 18.9 Å². The van der Waals surface area contributed by atoms with Crippen molar-refractivity contribution in [1.29, 1.82) is 0 Å². The molecule has 0 atom stereocenters. The van der Waals surface area contributed by atoms with E-state index in [1.54, 1.807) is 7.05 Å². The van der Waals surface area contributed by atoms with Crippen LogP contribution in [-0.4, -0.2) is 39.7 Å². The molecule has 0 bridgehead atoms. The second-order valence-electron chi connectivity index (χ2n) is 4.40. The van der Waals surface area contributed by atoms with Gasteiger partial charge >= 0.3 is 0 Å². The van der Waals surface area contributed by atoms with Gasteiger partial charge in [0.2, 0.25) is 0 Å². The van der Waals surface area contributed by atoms with Gasteiger partial charge in [-0.05, 0) is 18.9 Å². The average Bonchev–Trinajstić information content (AvgIpc) is 2.41. The van der Waals surface area contributed by atoms with E-state index in [1.165, 1.54) is 0 Å². The predicted molar refractivity (Wildman–Crippen MR) is 72.1 cm³/mol.